The molecule has 184 valence electrons. The Morgan fingerprint density at radius 3 is 2.22 bits per heavy atom. The molecular formula is C22H41N3O6Si. The summed E-state index contributed by atoms with van der Waals surface area (Å²) in [6, 6.07) is 1.67. The SMILES string of the molecule is COC1C(O[Si](C)(C)C(C)(C)C)[C@@H](CON(C(C)C)C(C)C)O[C@H]1n1ccc(=O)[nH]c1=O. The van der Waals surface area contributed by atoms with Gasteiger partial charge in [0.05, 0.1) is 6.61 Å². The fourth-order valence-electron chi connectivity index (χ4n) is 3.66. The standard InChI is InChI=1S/C22H41N3O6Si/c1-14(2)25(15(3)4)29-13-16-18(31-32(9,10)22(5,6)7)19(28-8)20(30-16)24-12-11-17(26)23-21(24)27/h11-12,14-16,18-20H,13H2,1-10H3,(H,23,26,27)/t16-,18?,19?,20-/m1/s1. The van der Waals surface area contributed by atoms with Crippen molar-refractivity contribution >= 4 is 8.32 Å². The highest BCUT2D eigenvalue weighted by atomic mass is 28.4. The van der Waals surface area contributed by atoms with E-state index in [4.69, 9.17) is 18.7 Å². The van der Waals surface area contributed by atoms with Crippen molar-refractivity contribution < 1.29 is 18.7 Å². The lowest BCUT2D eigenvalue weighted by Crippen LogP contribution is -2.51. The van der Waals surface area contributed by atoms with Crippen molar-refractivity contribution in [3.63, 3.8) is 0 Å². The van der Waals surface area contributed by atoms with Gasteiger partial charge in [0.1, 0.15) is 18.3 Å². The van der Waals surface area contributed by atoms with Crippen LogP contribution in [-0.2, 0) is 18.7 Å². The third kappa shape index (κ3) is 5.98. The van der Waals surface area contributed by atoms with Crippen LogP contribution in [0.4, 0.5) is 0 Å². The van der Waals surface area contributed by atoms with Crippen LogP contribution < -0.4 is 11.2 Å². The molecule has 32 heavy (non-hydrogen) atoms. The topological polar surface area (TPSA) is 95.0 Å². The maximum atomic E-state index is 12.5. The van der Waals surface area contributed by atoms with E-state index in [-0.39, 0.29) is 23.7 Å². The van der Waals surface area contributed by atoms with Crippen LogP contribution in [0.15, 0.2) is 21.9 Å². The Labute approximate surface area is 192 Å². The van der Waals surface area contributed by atoms with E-state index in [0.29, 0.717) is 0 Å². The van der Waals surface area contributed by atoms with Gasteiger partial charge in [0, 0.05) is 31.5 Å². The molecule has 1 aliphatic heterocycles. The lowest BCUT2D eigenvalue weighted by molar-refractivity contribution is -0.223. The number of hydrogen-bond acceptors (Lipinski definition) is 7. The van der Waals surface area contributed by atoms with Gasteiger partial charge in [-0.3, -0.25) is 19.2 Å². The minimum Gasteiger partial charge on any atom is -0.408 e. The minimum absolute atomic E-state index is 0.0223. The predicted molar refractivity (Wildman–Crippen MR) is 126 cm³/mol. The molecule has 4 atom stereocenters. The van der Waals surface area contributed by atoms with Gasteiger partial charge in [-0.1, -0.05) is 20.8 Å². The molecule has 0 bridgehead atoms. The Morgan fingerprint density at radius 1 is 1.16 bits per heavy atom. The van der Waals surface area contributed by atoms with Crippen LogP contribution in [0.1, 0.15) is 54.7 Å². The van der Waals surface area contributed by atoms with Gasteiger partial charge in [0.15, 0.2) is 14.5 Å². The summed E-state index contributed by atoms with van der Waals surface area (Å²) in [7, 11) is -0.616. The van der Waals surface area contributed by atoms with Crippen molar-refractivity contribution in [1.29, 1.82) is 0 Å². The molecule has 0 aromatic carbocycles. The summed E-state index contributed by atoms with van der Waals surface area (Å²) in [5, 5.41) is 1.90. The molecule has 2 rings (SSSR count). The van der Waals surface area contributed by atoms with E-state index < -0.39 is 44.1 Å². The number of ether oxygens (including phenoxy) is 2. The molecule has 0 radical (unpaired) electrons. The quantitative estimate of drug-likeness (QED) is 0.437. The van der Waals surface area contributed by atoms with E-state index in [1.54, 1.807) is 7.11 Å². The Morgan fingerprint density at radius 2 is 1.75 bits per heavy atom. The molecule has 0 amide bonds. The summed E-state index contributed by atoms with van der Waals surface area (Å²) in [6.07, 6.45) is -0.769. The highest BCUT2D eigenvalue weighted by Gasteiger charge is 2.51. The Balaban J connectivity index is 2.40. The highest BCUT2D eigenvalue weighted by Crippen LogP contribution is 2.41. The molecule has 9 nitrogen and oxygen atoms in total. The average molecular weight is 472 g/mol. The number of aromatic nitrogens is 2. The van der Waals surface area contributed by atoms with E-state index in [1.807, 2.05) is 5.06 Å². The van der Waals surface area contributed by atoms with E-state index in [0.717, 1.165) is 0 Å². The number of methoxy groups -OCH3 is 1. The first-order chi connectivity index (χ1) is 14.7. The van der Waals surface area contributed by atoms with Crippen LogP contribution in [0.5, 0.6) is 0 Å². The number of H-pyrrole nitrogens is 1. The third-order valence-corrected chi connectivity index (χ3v) is 10.8. The number of nitrogens with one attached hydrogen (secondary N) is 1. The third-order valence-electron chi connectivity index (χ3n) is 6.33. The number of hydrogen-bond donors (Lipinski definition) is 1. The van der Waals surface area contributed by atoms with Gasteiger partial charge in [-0.15, -0.1) is 0 Å². The first-order valence-corrected chi connectivity index (χ1v) is 14.2. The fourth-order valence-corrected chi connectivity index (χ4v) is 4.98. The van der Waals surface area contributed by atoms with Crippen LogP contribution in [0.25, 0.3) is 0 Å². The number of rotatable bonds is 9. The summed E-state index contributed by atoms with van der Waals surface area (Å²) in [4.78, 5) is 32.5. The lowest BCUT2D eigenvalue weighted by Gasteiger charge is -2.40. The van der Waals surface area contributed by atoms with E-state index in [2.05, 4.69) is 66.5 Å². The normalized spacial score (nSPS) is 24.8. The van der Waals surface area contributed by atoms with Crippen molar-refractivity contribution in [2.45, 2.75) is 103 Å². The van der Waals surface area contributed by atoms with Crippen molar-refractivity contribution in [2.24, 2.45) is 0 Å². The maximum absolute atomic E-state index is 12.5. The predicted octanol–water partition coefficient (Wildman–Crippen LogP) is 2.89. The number of hydroxylamine groups is 2. The summed E-state index contributed by atoms with van der Waals surface area (Å²) in [5.74, 6) is 0. The average Bonchev–Trinajstić information content (AvgIpc) is 2.97. The Hall–Kier alpha value is -1.30. The number of nitrogens with zero attached hydrogens (tertiary/aromatic N) is 2. The van der Waals surface area contributed by atoms with Crippen molar-refractivity contribution in [2.75, 3.05) is 13.7 Å². The molecule has 2 heterocycles. The second kappa shape index (κ2) is 10.3. The van der Waals surface area contributed by atoms with Gasteiger partial charge >= 0.3 is 5.69 Å². The first-order valence-electron chi connectivity index (χ1n) is 11.3. The molecule has 1 aromatic rings. The highest BCUT2D eigenvalue weighted by molar-refractivity contribution is 6.74. The lowest BCUT2D eigenvalue weighted by atomic mass is 10.1. The Bertz CT molecular complexity index is 852. The van der Waals surface area contributed by atoms with Crippen LogP contribution in [0.3, 0.4) is 0 Å². The summed E-state index contributed by atoms with van der Waals surface area (Å²) in [6.45, 7) is 19.4. The first kappa shape index (κ1) is 26.9. The zero-order valence-electron chi connectivity index (χ0n) is 21.2. The molecule has 1 aliphatic rings. The van der Waals surface area contributed by atoms with Gasteiger partial charge in [0.25, 0.3) is 5.56 Å². The van der Waals surface area contributed by atoms with E-state index in [1.165, 1.54) is 16.8 Å². The zero-order valence-corrected chi connectivity index (χ0v) is 22.2. The zero-order chi connectivity index (χ0) is 24.4. The largest absolute Gasteiger partial charge is 0.408 e. The smallest absolute Gasteiger partial charge is 0.330 e. The minimum atomic E-state index is -2.20. The van der Waals surface area contributed by atoms with Crippen LogP contribution >= 0.6 is 0 Å². The second-order valence-electron chi connectivity index (χ2n) is 10.5. The van der Waals surface area contributed by atoms with Crippen LogP contribution in [0.2, 0.25) is 18.1 Å². The number of aromatic amines is 1. The van der Waals surface area contributed by atoms with Gasteiger partial charge in [-0.25, -0.2) is 4.79 Å². The molecule has 1 fully saturated rings. The van der Waals surface area contributed by atoms with E-state index >= 15 is 0 Å². The summed E-state index contributed by atoms with van der Waals surface area (Å²) in [5.41, 5.74) is -1.01. The molecule has 10 heteroatoms. The molecule has 1 aromatic heterocycles. The molecule has 0 saturated carbocycles. The summed E-state index contributed by atoms with van der Waals surface area (Å²) < 4.78 is 20.2. The van der Waals surface area contributed by atoms with Crippen molar-refractivity contribution in [3.05, 3.63) is 33.1 Å². The van der Waals surface area contributed by atoms with Crippen molar-refractivity contribution in [1.82, 2.24) is 14.6 Å². The molecule has 2 unspecified atom stereocenters. The fraction of sp³-hybridized carbons (Fsp3) is 0.818. The van der Waals surface area contributed by atoms with Gasteiger partial charge in [0.2, 0.25) is 0 Å². The second-order valence-corrected chi connectivity index (χ2v) is 15.2. The maximum Gasteiger partial charge on any atom is 0.330 e. The molecule has 0 spiro atoms. The van der Waals surface area contributed by atoms with Gasteiger partial charge < -0.3 is 13.9 Å². The Kier molecular flexibility index (Phi) is 8.68. The molecule has 0 aliphatic carbocycles. The van der Waals surface area contributed by atoms with Crippen LogP contribution in [0, 0.1) is 0 Å². The van der Waals surface area contributed by atoms with Crippen molar-refractivity contribution in [3.8, 4) is 0 Å². The van der Waals surface area contributed by atoms with E-state index in [9.17, 15) is 9.59 Å². The summed E-state index contributed by atoms with van der Waals surface area (Å²) >= 11 is 0. The monoisotopic (exact) mass is 471 g/mol. The van der Waals surface area contributed by atoms with Gasteiger partial charge in [-0.2, -0.15) is 5.06 Å². The molecular weight excluding hydrogens is 430 g/mol. The molecule has 1 N–H and O–H groups in total. The van der Waals surface area contributed by atoms with Gasteiger partial charge in [-0.05, 0) is 45.8 Å². The molecule has 1 saturated heterocycles. The van der Waals surface area contributed by atoms with Crippen LogP contribution in [-0.4, -0.2) is 67.0 Å².